The van der Waals surface area contributed by atoms with Gasteiger partial charge < -0.3 is 9.47 Å². The van der Waals surface area contributed by atoms with Gasteiger partial charge in [-0.05, 0) is 51.9 Å². The molecule has 0 aliphatic heterocycles. The zero-order chi connectivity index (χ0) is 20.1. The van der Waals surface area contributed by atoms with Gasteiger partial charge in [-0.2, -0.15) is 5.10 Å². The Morgan fingerprint density at radius 2 is 1.48 bits per heavy atom. The first-order chi connectivity index (χ1) is 14.2. The van der Waals surface area contributed by atoms with Crippen LogP contribution in [0, 0.1) is 0 Å². The summed E-state index contributed by atoms with van der Waals surface area (Å²) in [4.78, 5) is 12.1. The maximum atomic E-state index is 12.1. The number of hydrogen-bond acceptors (Lipinski definition) is 4. The van der Waals surface area contributed by atoms with Gasteiger partial charge in [0.15, 0.2) is 6.61 Å². The minimum absolute atomic E-state index is 0.125. The van der Waals surface area contributed by atoms with Crippen molar-refractivity contribution >= 4 is 33.7 Å². The highest BCUT2D eigenvalue weighted by atomic mass is 16.5. The lowest BCUT2D eigenvalue weighted by Crippen LogP contribution is -2.24. The minimum Gasteiger partial charge on any atom is -0.497 e. The molecule has 0 aromatic heterocycles. The van der Waals surface area contributed by atoms with Crippen molar-refractivity contribution in [1.82, 2.24) is 5.43 Å². The van der Waals surface area contributed by atoms with Crippen LogP contribution in [0.25, 0.3) is 21.5 Å². The van der Waals surface area contributed by atoms with Crippen molar-refractivity contribution in [3.8, 4) is 11.5 Å². The highest BCUT2D eigenvalue weighted by Gasteiger charge is 2.06. The maximum absolute atomic E-state index is 12.1. The molecule has 0 fully saturated rings. The number of hydrazone groups is 1. The Morgan fingerprint density at radius 1 is 0.897 bits per heavy atom. The summed E-state index contributed by atoms with van der Waals surface area (Å²) in [7, 11) is 1.60. The predicted molar refractivity (Wildman–Crippen MR) is 116 cm³/mol. The van der Waals surface area contributed by atoms with Gasteiger partial charge in [0.1, 0.15) is 11.5 Å². The lowest BCUT2D eigenvalue weighted by atomic mass is 9.97. The molecule has 1 N–H and O–H groups in total. The van der Waals surface area contributed by atoms with Crippen molar-refractivity contribution in [2.24, 2.45) is 5.10 Å². The SMILES string of the molecule is COc1ccc(OCC(=O)NN=Cc2c3ccccc3cc3ccccc23)cc1. The summed E-state index contributed by atoms with van der Waals surface area (Å²) in [6.45, 7) is -0.125. The first-order valence-electron chi connectivity index (χ1n) is 9.24. The lowest BCUT2D eigenvalue weighted by Gasteiger charge is -2.08. The van der Waals surface area contributed by atoms with Crippen molar-refractivity contribution < 1.29 is 14.3 Å². The number of carbonyl (C=O) groups is 1. The molecule has 29 heavy (non-hydrogen) atoms. The third-order valence-corrected chi connectivity index (χ3v) is 4.63. The van der Waals surface area contributed by atoms with Crippen LogP contribution in [0.1, 0.15) is 5.56 Å². The van der Waals surface area contributed by atoms with Crippen LogP contribution in [0.4, 0.5) is 0 Å². The van der Waals surface area contributed by atoms with E-state index in [-0.39, 0.29) is 12.5 Å². The Hall–Kier alpha value is -3.86. The van der Waals surface area contributed by atoms with E-state index in [0.29, 0.717) is 5.75 Å². The topological polar surface area (TPSA) is 59.9 Å². The van der Waals surface area contributed by atoms with Gasteiger partial charge in [0, 0.05) is 5.56 Å². The highest BCUT2D eigenvalue weighted by molar-refractivity contribution is 6.13. The summed E-state index contributed by atoms with van der Waals surface area (Å²) in [5, 5.41) is 8.57. The van der Waals surface area contributed by atoms with E-state index in [0.717, 1.165) is 32.9 Å². The van der Waals surface area contributed by atoms with Gasteiger partial charge in [0.25, 0.3) is 5.91 Å². The molecule has 1 amide bonds. The third kappa shape index (κ3) is 4.19. The average Bonchev–Trinajstić information content (AvgIpc) is 2.77. The molecule has 0 saturated carbocycles. The second kappa shape index (κ2) is 8.44. The Bertz CT molecular complexity index is 1130. The molecule has 5 heteroatoms. The van der Waals surface area contributed by atoms with Crippen molar-refractivity contribution in [3.63, 3.8) is 0 Å². The van der Waals surface area contributed by atoms with Crippen molar-refractivity contribution in [2.45, 2.75) is 0 Å². The summed E-state index contributed by atoms with van der Waals surface area (Å²) in [5.74, 6) is 0.986. The molecule has 144 valence electrons. The molecule has 0 aliphatic carbocycles. The van der Waals surface area contributed by atoms with E-state index in [1.807, 2.05) is 24.3 Å². The fourth-order valence-corrected chi connectivity index (χ4v) is 3.21. The summed E-state index contributed by atoms with van der Waals surface area (Å²) in [5.41, 5.74) is 3.50. The molecule has 0 saturated heterocycles. The Labute approximate surface area is 168 Å². The van der Waals surface area contributed by atoms with Gasteiger partial charge >= 0.3 is 0 Å². The number of fused-ring (bicyclic) bond motifs is 2. The number of nitrogens with one attached hydrogen (secondary N) is 1. The van der Waals surface area contributed by atoms with E-state index in [2.05, 4.69) is 40.9 Å². The number of hydrogen-bond donors (Lipinski definition) is 1. The number of ether oxygens (including phenoxy) is 2. The number of rotatable bonds is 6. The number of benzene rings is 4. The van der Waals surface area contributed by atoms with E-state index >= 15 is 0 Å². The first kappa shape index (κ1) is 18.5. The lowest BCUT2D eigenvalue weighted by molar-refractivity contribution is -0.123. The molecule has 4 aromatic carbocycles. The monoisotopic (exact) mass is 384 g/mol. The summed E-state index contributed by atoms with van der Waals surface area (Å²) in [6, 6.07) is 25.5. The van der Waals surface area contributed by atoms with Gasteiger partial charge in [-0.25, -0.2) is 5.43 Å². The molecule has 0 radical (unpaired) electrons. The molecule has 0 heterocycles. The van der Waals surface area contributed by atoms with Crippen molar-refractivity contribution in [2.75, 3.05) is 13.7 Å². The third-order valence-electron chi connectivity index (χ3n) is 4.63. The number of carbonyl (C=O) groups excluding carboxylic acids is 1. The van der Waals surface area contributed by atoms with Crippen LogP contribution < -0.4 is 14.9 Å². The second-order valence-corrected chi connectivity index (χ2v) is 6.49. The summed E-state index contributed by atoms with van der Waals surface area (Å²) in [6.07, 6.45) is 1.69. The molecule has 0 aliphatic rings. The number of methoxy groups -OCH3 is 1. The Kier molecular flexibility index (Phi) is 5.38. The fraction of sp³-hybridized carbons (Fsp3) is 0.0833. The first-order valence-corrected chi connectivity index (χ1v) is 9.24. The normalized spacial score (nSPS) is 11.1. The summed E-state index contributed by atoms with van der Waals surface area (Å²) >= 11 is 0. The molecule has 5 nitrogen and oxygen atoms in total. The zero-order valence-electron chi connectivity index (χ0n) is 16.0. The van der Waals surface area contributed by atoms with E-state index in [4.69, 9.17) is 9.47 Å². The van der Waals surface area contributed by atoms with Gasteiger partial charge in [-0.1, -0.05) is 48.5 Å². The van der Waals surface area contributed by atoms with Crippen LogP contribution in [-0.2, 0) is 4.79 Å². The van der Waals surface area contributed by atoms with Crippen molar-refractivity contribution in [3.05, 3.63) is 84.4 Å². The van der Waals surface area contributed by atoms with Gasteiger partial charge in [-0.3, -0.25) is 4.79 Å². The molecule has 0 bridgehead atoms. The smallest absolute Gasteiger partial charge is 0.277 e. The van der Waals surface area contributed by atoms with Crippen LogP contribution in [-0.4, -0.2) is 25.8 Å². The fourth-order valence-electron chi connectivity index (χ4n) is 3.21. The van der Waals surface area contributed by atoms with Crippen LogP contribution in [0.3, 0.4) is 0 Å². The van der Waals surface area contributed by atoms with Gasteiger partial charge in [-0.15, -0.1) is 0 Å². The van der Waals surface area contributed by atoms with Crippen LogP contribution in [0.5, 0.6) is 11.5 Å². The summed E-state index contributed by atoms with van der Waals surface area (Å²) < 4.78 is 10.6. The number of nitrogens with zero attached hydrogens (tertiary/aromatic N) is 1. The van der Waals surface area contributed by atoms with E-state index in [9.17, 15) is 4.79 Å². The standard InChI is InChI=1S/C24H20N2O3/c1-28-19-10-12-20(13-11-19)29-16-24(27)26-25-15-23-21-8-4-2-6-17(21)14-18-7-3-5-9-22(18)23/h2-15H,16H2,1H3,(H,26,27). The molecule has 0 spiro atoms. The predicted octanol–water partition coefficient (Wildman–Crippen LogP) is 4.53. The second-order valence-electron chi connectivity index (χ2n) is 6.49. The van der Waals surface area contributed by atoms with Gasteiger partial charge in [0.2, 0.25) is 0 Å². The van der Waals surface area contributed by atoms with Crippen molar-refractivity contribution in [1.29, 1.82) is 0 Å². The zero-order valence-corrected chi connectivity index (χ0v) is 16.0. The molecule has 0 unspecified atom stereocenters. The van der Waals surface area contributed by atoms with Crippen LogP contribution in [0.2, 0.25) is 0 Å². The van der Waals surface area contributed by atoms with E-state index in [1.54, 1.807) is 37.6 Å². The van der Waals surface area contributed by atoms with Gasteiger partial charge in [0.05, 0.1) is 13.3 Å². The molecule has 0 atom stereocenters. The van der Waals surface area contributed by atoms with E-state index in [1.165, 1.54) is 0 Å². The number of amides is 1. The molecular formula is C24H20N2O3. The van der Waals surface area contributed by atoms with Crippen LogP contribution in [0.15, 0.2) is 84.0 Å². The van der Waals surface area contributed by atoms with E-state index < -0.39 is 0 Å². The Balaban J connectivity index is 1.48. The maximum Gasteiger partial charge on any atom is 0.277 e. The molecular weight excluding hydrogens is 364 g/mol. The average molecular weight is 384 g/mol. The van der Waals surface area contributed by atoms with Crippen LogP contribution >= 0.6 is 0 Å². The Morgan fingerprint density at radius 3 is 2.10 bits per heavy atom. The minimum atomic E-state index is -0.332. The quantitative estimate of drug-likeness (QED) is 0.302. The molecule has 4 aromatic rings. The largest absolute Gasteiger partial charge is 0.497 e. The highest BCUT2D eigenvalue weighted by Crippen LogP contribution is 2.27. The molecule has 4 rings (SSSR count).